The minimum atomic E-state index is -0.554. The Balaban J connectivity index is 1.79. The molecule has 0 bridgehead atoms. The molecule has 1 N–H and O–H groups in total. The number of aromatic nitrogens is 2. The average Bonchev–Trinajstić information content (AvgIpc) is 2.78. The number of anilines is 1. The van der Waals surface area contributed by atoms with E-state index in [-0.39, 0.29) is 5.56 Å². The zero-order valence-electron chi connectivity index (χ0n) is 18.0. The van der Waals surface area contributed by atoms with Gasteiger partial charge in [-0.2, -0.15) is 0 Å². The second-order valence-corrected chi connectivity index (χ2v) is 7.69. The SMILES string of the molecule is Cc1cccc(-n2c(C(C)N(C)C(=O)Nc3cccc(F)c3)nc3ccccc3c2=O)c1. The lowest BCUT2D eigenvalue weighted by molar-refractivity contribution is 0.205. The largest absolute Gasteiger partial charge is 0.322 e. The molecule has 32 heavy (non-hydrogen) atoms. The third-order valence-corrected chi connectivity index (χ3v) is 5.41. The lowest BCUT2D eigenvalue weighted by Gasteiger charge is -2.27. The van der Waals surface area contributed by atoms with Crippen molar-refractivity contribution in [3.63, 3.8) is 0 Å². The molecule has 1 heterocycles. The van der Waals surface area contributed by atoms with Gasteiger partial charge in [-0.05, 0) is 61.9 Å². The van der Waals surface area contributed by atoms with Crippen molar-refractivity contribution in [3.05, 3.63) is 100 Å². The Bertz CT molecular complexity index is 1370. The summed E-state index contributed by atoms with van der Waals surface area (Å²) < 4.78 is 15.0. The van der Waals surface area contributed by atoms with Crippen molar-refractivity contribution in [1.29, 1.82) is 0 Å². The Morgan fingerprint density at radius 3 is 2.56 bits per heavy atom. The van der Waals surface area contributed by atoms with Crippen LogP contribution in [-0.2, 0) is 0 Å². The summed E-state index contributed by atoms with van der Waals surface area (Å²) in [6, 6.07) is 19.4. The lowest BCUT2D eigenvalue weighted by atomic mass is 10.1. The first-order valence-corrected chi connectivity index (χ1v) is 10.2. The number of urea groups is 1. The van der Waals surface area contributed by atoms with Gasteiger partial charge in [-0.3, -0.25) is 9.36 Å². The number of carbonyl (C=O) groups is 1. The molecule has 0 fully saturated rings. The predicted octanol–water partition coefficient (Wildman–Crippen LogP) is 5.06. The summed E-state index contributed by atoms with van der Waals surface area (Å²) in [5.41, 5.74) is 2.37. The van der Waals surface area contributed by atoms with E-state index in [1.54, 1.807) is 42.8 Å². The van der Waals surface area contributed by atoms with E-state index in [0.717, 1.165) is 5.56 Å². The van der Waals surface area contributed by atoms with E-state index in [0.29, 0.717) is 28.1 Å². The summed E-state index contributed by atoms with van der Waals surface area (Å²) in [7, 11) is 1.61. The maximum absolute atomic E-state index is 13.5. The number of aryl methyl sites for hydroxylation is 1. The van der Waals surface area contributed by atoms with Crippen LogP contribution in [-0.4, -0.2) is 27.5 Å². The highest BCUT2D eigenvalue weighted by Crippen LogP contribution is 2.23. The van der Waals surface area contributed by atoms with E-state index in [4.69, 9.17) is 4.98 Å². The first kappa shape index (κ1) is 21.2. The number of hydrogen-bond acceptors (Lipinski definition) is 3. The second kappa shape index (κ2) is 8.63. The number of hydrogen-bond donors (Lipinski definition) is 1. The molecule has 0 aliphatic heterocycles. The van der Waals surface area contributed by atoms with Crippen molar-refractivity contribution in [1.82, 2.24) is 14.5 Å². The van der Waals surface area contributed by atoms with Gasteiger partial charge in [0.1, 0.15) is 11.6 Å². The summed E-state index contributed by atoms with van der Waals surface area (Å²) in [6.07, 6.45) is 0. The van der Waals surface area contributed by atoms with Crippen LogP contribution in [0.4, 0.5) is 14.9 Å². The third-order valence-electron chi connectivity index (χ3n) is 5.41. The standard InChI is InChI=1S/C25H23FN4O2/c1-16-8-6-11-20(14-16)30-23(28-22-13-5-4-12-21(22)24(30)31)17(2)29(3)25(32)27-19-10-7-9-18(26)15-19/h4-15,17H,1-3H3,(H,27,32). The Morgan fingerprint density at radius 2 is 1.81 bits per heavy atom. The summed E-state index contributed by atoms with van der Waals surface area (Å²) in [6.45, 7) is 3.75. The molecule has 0 aliphatic carbocycles. The molecule has 6 nitrogen and oxygen atoms in total. The van der Waals surface area contributed by atoms with Crippen LogP contribution in [0.1, 0.15) is 24.4 Å². The van der Waals surface area contributed by atoms with Gasteiger partial charge in [-0.15, -0.1) is 0 Å². The van der Waals surface area contributed by atoms with Crippen LogP contribution in [0.2, 0.25) is 0 Å². The van der Waals surface area contributed by atoms with Gasteiger partial charge in [0, 0.05) is 12.7 Å². The van der Waals surface area contributed by atoms with Crippen LogP contribution in [0.25, 0.3) is 16.6 Å². The minimum absolute atomic E-state index is 0.206. The smallest absolute Gasteiger partial charge is 0.318 e. The van der Waals surface area contributed by atoms with Crippen molar-refractivity contribution in [2.45, 2.75) is 19.9 Å². The number of benzene rings is 3. The number of halogens is 1. The van der Waals surface area contributed by atoms with Crippen LogP contribution in [0.3, 0.4) is 0 Å². The fraction of sp³-hybridized carbons (Fsp3) is 0.160. The maximum atomic E-state index is 13.5. The first-order chi connectivity index (χ1) is 15.3. The van der Waals surface area contributed by atoms with Crippen LogP contribution in [0, 0.1) is 12.7 Å². The molecule has 0 aliphatic rings. The van der Waals surface area contributed by atoms with E-state index in [9.17, 15) is 14.0 Å². The molecule has 0 saturated carbocycles. The summed E-state index contributed by atoms with van der Waals surface area (Å²) in [4.78, 5) is 32.5. The highest BCUT2D eigenvalue weighted by molar-refractivity contribution is 5.89. The quantitative estimate of drug-likeness (QED) is 0.492. The number of amides is 2. The van der Waals surface area contributed by atoms with Crippen LogP contribution >= 0.6 is 0 Å². The Morgan fingerprint density at radius 1 is 1.06 bits per heavy atom. The van der Waals surface area contributed by atoms with Crippen LogP contribution in [0.15, 0.2) is 77.6 Å². The van der Waals surface area contributed by atoms with Crippen molar-refractivity contribution in [2.75, 3.05) is 12.4 Å². The molecular weight excluding hydrogens is 407 g/mol. The molecule has 1 aromatic heterocycles. The van der Waals surface area contributed by atoms with Crippen LogP contribution in [0.5, 0.6) is 0 Å². The normalized spacial score (nSPS) is 11.9. The Hall–Kier alpha value is -4.00. The maximum Gasteiger partial charge on any atom is 0.322 e. The highest BCUT2D eigenvalue weighted by atomic mass is 19.1. The predicted molar refractivity (Wildman–Crippen MR) is 124 cm³/mol. The van der Waals surface area contributed by atoms with Gasteiger partial charge in [0.05, 0.1) is 22.6 Å². The van der Waals surface area contributed by atoms with Gasteiger partial charge < -0.3 is 10.2 Å². The van der Waals surface area contributed by atoms with Gasteiger partial charge >= 0.3 is 6.03 Å². The molecule has 3 aromatic carbocycles. The summed E-state index contributed by atoms with van der Waals surface area (Å²) in [5, 5.41) is 3.18. The van der Waals surface area contributed by atoms with Gasteiger partial charge in [-0.1, -0.05) is 30.3 Å². The molecule has 0 spiro atoms. The number of nitrogens with one attached hydrogen (secondary N) is 1. The molecular formula is C25H23FN4O2. The lowest BCUT2D eigenvalue weighted by Crippen LogP contribution is -2.37. The molecule has 2 amide bonds. The number of para-hydroxylation sites is 1. The van der Waals surface area contributed by atoms with E-state index in [2.05, 4.69) is 5.32 Å². The van der Waals surface area contributed by atoms with Gasteiger partial charge in [-0.25, -0.2) is 14.2 Å². The van der Waals surface area contributed by atoms with Gasteiger partial charge in [0.15, 0.2) is 0 Å². The minimum Gasteiger partial charge on any atom is -0.318 e. The van der Waals surface area contributed by atoms with Gasteiger partial charge in [0.25, 0.3) is 5.56 Å². The number of fused-ring (bicyclic) bond motifs is 1. The van der Waals surface area contributed by atoms with Crippen molar-refractivity contribution in [3.8, 4) is 5.69 Å². The molecule has 4 aromatic rings. The zero-order chi connectivity index (χ0) is 22.8. The molecule has 4 rings (SSSR count). The van der Waals surface area contributed by atoms with Crippen molar-refractivity contribution in [2.24, 2.45) is 0 Å². The monoisotopic (exact) mass is 430 g/mol. The van der Waals surface area contributed by atoms with E-state index in [1.807, 2.05) is 37.3 Å². The number of carbonyl (C=O) groups excluding carboxylic acids is 1. The fourth-order valence-electron chi connectivity index (χ4n) is 3.57. The third kappa shape index (κ3) is 4.09. The van der Waals surface area contributed by atoms with Crippen molar-refractivity contribution >= 4 is 22.6 Å². The first-order valence-electron chi connectivity index (χ1n) is 10.2. The summed E-state index contributed by atoms with van der Waals surface area (Å²) >= 11 is 0. The molecule has 0 saturated heterocycles. The number of rotatable bonds is 4. The second-order valence-electron chi connectivity index (χ2n) is 7.69. The van der Waals surface area contributed by atoms with Crippen LogP contribution < -0.4 is 10.9 Å². The topological polar surface area (TPSA) is 67.2 Å². The Labute approximate surface area is 184 Å². The van der Waals surface area contributed by atoms with E-state index < -0.39 is 17.9 Å². The van der Waals surface area contributed by atoms with Crippen molar-refractivity contribution < 1.29 is 9.18 Å². The summed E-state index contributed by atoms with van der Waals surface area (Å²) in [5.74, 6) is -0.0147. The van der Waals surface area contributed by atoms with E-state index >= 15 is 0 Å². The Kier molecular flexibility index (Phi) is 5.73. The fourth-order valence-corrected chi connectivity index (χ4v) is 3.57. The van der Waals surface area contributed by atoms with Gasteiger partial charge in [0.2, 0.25) is 0 Å². The highest BCUT2D eigenvalue weighted by Gasteiger charge is 2.24. The molecule has 0 radical (unpaired) electrons. The zero-order valence-corrected chi connectivity index (χ0v) is 18.0. The molecule has 162 valence electrons. The van der Waals surface area contributed by atoms with E-state index in [1.165, 1.54) is 23.1 Å². The molecule has 7 heteroatoms. The molecule has 1 unspecified atom stereocenters. The number of nitrogens with zero attached hydrogens (tertiary/aromatic N) is 3. The molecule has 1 atom stereocenters. The average molecular weight is 430 g/mol.